The molecule has 0 amide bonds. The molecule has 0 unspecified atom stereocenters. The third-order valence-corrected chi connectivity index (χ3v) is 3.75. The van der Waals surface area contributed by atoms with Gasteiger partial charge in [0.15, 0.2) is 0 Å². The molecule has 0 aromatic carbocycles. The zero-order chi connectivity index (χ0) is 12.6. The second-order valence-electron chi connectivity index (χ2n) is 5.38. The molecule has 0 aromatic heterocycles. The molecule has 1 fully saturated rings. The van der Waals surface area contributed by atoms with E-state index >= 15 is 0 Å². The van der Waals surface area contributed by atoms with E-state index in [-0.39, 0.29) is 18.3 Å². The Bertz CT molecular complexity index is 300. The lowest BCUT2D eigenvalue weighted by Crippen LogP contribution is -2.41. The van der Waals surface area contributed by atoms with Gasteiger partial charge in [0.05, 0.1) is 11.2 Å². The number of rotatable bonds is 3. The van der Waals surface area contributed by atoms with Crippen LogP contribution in [-0.4, -0.2) is 18.3 Å². The minimum absolute atomic E-state index is 0.276. The topological polar surface area (TPSA) is 18.5 Å². The minimum Gasteiger partial charge on any atom is -0.399 e. The van der Waals surface area contributed by atoms with Crippen LogP contribution < -0.4 is 0 Å². The van der Waals surface area contributed by atoms with E-state index in [0.29, 0.717) is 0 Å². The zero-order valence-electron chi connectivity index (χ0n) is 11.4. The van der Waals surface area contributed by atoms with Crippen LogP contribution in [0.2, 0.25) is 0 Å². The fourth-order valence-electron chi connectivity index (χ4n) is 1.65. The van der Waals surface area contributed by atoms with Gasteiger partial charge >= 0.3 is 7.12 Å². The quantitative estimate of drug-likeness (QED) is 0.537. The highest BCUT2D eigenvalue weighted by molar-refractivity contribution is 6.55. The van der Waals surface area contributed by atoms with Crippen molar-refractivity contribution in [2.75, 3.05) is 0 Å². The molecule has 0 N–H and O–H groups in total. The first-order chi connectivity index (χ1) is 7.25. The molecule has 90 valence electrons. The minimum atomic E-state index is -0.278. The van der Waals surface area contributed by atoms with Gasteiger partial charge < -0.3 is 9.31 Å². The van der Waals surface area contributed by atoms with Gasteiger partial charge in [-0.05, 0) is 46.5 Å². The van der Waals surface area contributed by atoms with E-state index in [1.807, 2.05) is 6.08 Å². The van der Waals surface area contributed by atoms with Crippen LogP contribution in [0.25, 0.3) is 0 Å². The molecule has 16 heavy (non-hydrogen) atoms. The highest BCUT2D eigenvalue weighted by Crippen LogP contribution is 2.39. The molecule has 0 radical (unpaired) electrons. The Morgan fingerprint density at radius 3 is 1.94 bits per heavy atom. The third kappa shape index (κ3) is 2.25. The van der Waals surface area contributed by atoms with Crippen molar-refractivity contribution in [1.82, 2.24) is 0 Å². The molecule has 1 aliphatic heterocycles. The van der Waals surface area contributed by atoms with E-state index in [2.05, 4.69) is 48.1 Å². The molecule has 0 bridgehead atoms. The average Bonchev–Trinajstić information content (AvgIpc) is 2.36. The summed E-state index contributed by atoms with van der Waals surface area (Å²) in [5.41, 5.74) is 1.79. The van der Waals surface area contributed by atoms with Crippen molar-refractivity contribution in [3.63, 3.8) is 0 Å². The maximum absolute atomic E-state index is 5.99. The maximum atomic E-state index is 5.99. The van der Waals surface area contributed by atoms with Crippen LogP contribution in [0.15, 0.2) is 23.7 Å². The van der Waals surface area contributed by atoms with Crippen molar-refractivity contribution in [3.8, 4) is 0 Å². The molecular weight excluding hydrogens is 199 g/mol. The summed E-state index contributed by atoms with van der Waals surface area (Å²) < 4.78 is 12.0. The van der Waals surface area contributed by atoms with Gasteiger partial charge in [0.1, 0.15) is 0 Å². The van der Waals surface area contributed by atoms with E-state index in [1.54, 1.807) is 0 Å². The highest BCUT2D eigenvalue weighted by Gasteiger charge is 2.52. The molecule has 0 aromatic rings. The molecule has 2 nitrogen and oxygen atoms in total. The summed E-state index contributed by atoms with van der Waals surface area (Å²) in [6.07, 6.45) is 2.84. The lowest BCUT2D eigenvalue weighted by molar-refractivity contribution is 0.00578. The van der Waals surface area contributed by atoms with E-state index in [0.717, 1.165) is 11.9 Å². The number of hydrogen-bond acceptors (Lipinski definition) is 2. The summed E-state index contributed by atoms with van der Waals surface area (Å²) in [5.74, 6) is 0. The maximum Gasteiger partial charge on any atom is 0.494 e. The first kappa shape index (κ1) is 13.5. The largest absolute Gasteiger partial charge is 0.494 e. The van der Waals surface area contributed by atoms with Gasteiger partial charge in [-0.25, -0.2) is 0 Å². The summed E-state index contributed by atoms with van der Waals surface area (Å²) in [4.78, 5) is 0. The van der Waals surface area contributed by atoms with Crippen LogP contribution in [0, 0.1) is 0 Å². The Hall–Kier alpha value is -0.535. The first-order valence-electron chi connectivity index (χ1n) is 5.93. The normalized spacial score (nSPS) is 24.2. The van der Waals surface area contributed by atoms with Crippen molar-refractivity contribution in [1.29, 1.82) is 0 Å². The van der Waals surface area contributed by atoms with Crippen molar-refractivity contribution < 1.29 is 9.31 Å². The van der Waals surface area contributed by atoms with Crippen LogP contribution in [0.5, 0.6) is 0 Å². The summed E-state index contributed by atoms with van der Waals surface area (Å²) in [5, 5.41) is 0. The van der Waals surface area contributed by atoms with Gasteiger partial charge in [0.2, 0.25) is 0 Å². The van der Waals surface area contributed by atoms with E-state index in [4.69, 9.17) is 9.31 Å². The summed E-state index contributed by atoms with van der Waals surface area (Å²) >= 11 is 0. The third-order valence-electron chi connectivity index (χ3n) is 3.75. The highest BCUT2D eigenvalue weighted by atomic mass is 16.7. The van der Waals surface area contributed by atoms with Gasteiger partial charge in [-0.2, -0.15) is 0 Å². The summed E-state index contributed by atoms with van der Waals surface area (Å²) in [6, 6.07) is 0. The molecule has 0 atom stereocenters. The lowest BCUT2D eigenvalue weighted by atomic mass is 9.75. The fourth-order valence-corrected chi connectivity index (χ4v) is 1.65. The van der Waals surface area contributed by atoms with Crippen molar-refractivity contribution >= 4 is 7.12 Å². The monoisotopic (exact) mass is 222 g/mol. The van der Waals surface area contributed by atoms with Gasteiger partial charge in [-0.15, -0.1) is 0 Å². The van der Waals surface area contributed by atoms with Crippen LogP contribution in [-0.2, 0) is 9.31 Å². The summed E-state index contributed by atoms with van der Waals surface area (Å²) in [6.45, 7) is 16.3. The Labute approximate surface area is 99.9 Å². The number of hydrogen-bond donors (Lipinski definition) is 0. The SMILES string of the molecule is C=C/C(B1OC(C)(C)C(C)(C)O1)=C(/C)CC. The molecule has 1 aliphatic rings. The Balaban J connectivity index is 2.99. The molecule has 1 heterocycles. The molecule has 0 spiro atoms. The average molecular weight is 222 g/mol. The van der Waals surface area contributed by atoms with Crippen LogP contribution >= 0.6 is 0 Å². The Morgan fingerprint density at radius 2 is 1.62 bits per heavy atom. The van der Waals surface area contributed by atoms with Crippen LogP contribution in [0.4, 0.5) is 0 Å². The molecule has 0 aliphatic carbocycles. The predicted octanol–water partition coefficient (Wildman–Crippen LogP) is 3.53. The zero-order valence-corrected chi connectivity index (χ0v) is 11.4. The van der Waals surface area contributed by atoms with Gasteiger partial charge in [0.25, 0.3) is 0 Å². The lowest BCUT2D eigenvalue weighted by Gasteiger charge is -2.32. The van der Waals surface area contributed by atoms with Crippen LogP contribution in [0.3, 0.4) is 0 Å². The Morgan fingerprint density at radius 1 is 1.19 bits per heavy atom. The van der Waals surface area contributed by atoms with E-state index < -0.39 is 0 Å². The smallest absolute Gasteiger partial charge is 0.399 e. The van der Waals surface area contributed by atoms with Crippen molar-refractivity contribution in [2.45, 2.75) is 59.2 Å². The van der Waals surface area contributed by atoms with E-state index in [9.17, 15) is 0 Å². The predicted molar refractivity (Wildman–Crippen MR) is 69.3 cm³/mol. The second kappa shape index (κ2) is 4.38. The summed E-state index contributed by atoms with van der Waals surface area (Å²) in [7, 11) is -0.276. The molecule has 0 saturated carbocycles. The van der Waals surface area contributed by atoms with Crippen LogP contribution in [0.1, 0.15) is 48.0 Å². The molecule has 1 saturated heterocycles. The molecular formula is C13H23BO2. The number of allylic oxidation sites excluding steroid dienone is 3. The van der Waals surface area contributed by atoms with Crippen molar-refractivity contribution in [3.05, 3.63) is 23.7 Å². The fraction of sp³-hybridized carbons (Fsp3) is 0.692. The van der Waals surface area contributed by atoms with Gasteiger partial charge in [-0.3, -0.25) is 0 Å². The first-order valence-corrected chi connectivity index (χ1v) is 5.93. The van der Waals surface area contributed by atoms with Gasteiger partial charge in [0, 0.05) is 0 Å². The van der Waals surface area contributed by atoms with Gasteiger partial charge in [-0.1, -0.05) is 25.2 Å². The van der Waals surface area contributed by atoms with Crippen molar-refractivity contribution in [2.24, 2.45) is 0 Å². The molecule has 1 rings (SSSR count). The standard InChI is InChI=1S/C13H23BO2/c1-8-10(3)11(9-2)14-15-12(4,5)13(6,7)16-14/h9H,2,8H2,1,3-7H3/b11-10+. The second-order valence-corrected chi connectivity index (χ2v) is 5.38. The van der Waals surface area contributed by atoms with E-state index in [1.165, 1.54) is 5.57 Å². The molecule has 3 heteroatoms. The Kier molecular flexibility index (Phi) is 3.71.